The Balaban J connectivity index is 2.40. The van der Waals surface area contributed by atoms with Gasteiger partial charge in [-0.3, -0.25) is 4.79 Å². The van der Waals surface area contributed by atoms with Crippen LogP contribution in [-0.2, 0) is 11.3 Å². The predicted octanol–water partition coefficient (Wildman–Crippen LogP) is 2.36. The van der Waals surface area contributed by atoms with E-state index in [9.17, 15) is 4.79 Å². The molecule has 1 aromatic heterocycles. The molecule has 0 aliphatic carbocycles. The largest absolute Gasteiger partial charge is 0.377 e. The van der Waals surface area contributed by atoms with Crippen molar-refractivity contribution in [2.45, 2.75) is 31.7 Å². The number of aromatic nitrogens is 1. The van der Waals surface area contributed by atoms with Crippen LogP contribution < -0.4 is 5.32 Å². The van der Waals surface area contributed by atoms with Crippen LogP contribution in [0.2, 0.25) is 0 Å². The second-order valence-corrected chi connectivity index (χ2v) is 5.84. The van der Waals surface area contributed by atoms with Crippen molar-refractivity contribution in [1.29, 1.82) is 0 Å². The molecule has 0 saturated heterocycles. The SMILES string of the molecule is COCc1cc(C(=O)NCC(Br)CC(C)C)no1. The van der Waals surface area contributed by atoms with Crippen LogP contribution in [-0.4, -0.2) is 29.5 Å². The summed E-state index contributed by atoms with van der Waals surface area (Å²) in [6, 6.07) is 1.59. The summed E-state index contributed by atoms with van der Waals surface area (Å²) in [7, 11) is 1.56. The minimum absolute atomic E-state index is 0.227. The van der Waals surface area contributed by atoms with Gasteiger partial charge >= 0.3 is 0 Å². The fraction of sp³-hybridized carbons (Fsp3) is 0.667. The Kier molecular flexibility index (Phi) is 6.35. The fourth-order valence-electron chi connectivity index (χ4n) is 1.52. The smallest absolute Gasteiger partial charge is 0.273 e. The number of halogens is 1. The third kappa shape index (κ3) is 5.18. The Morgan fingerprint density at radius 1 is 1.61 bits per heavy atom. The Morgan fingerprint density at radius 3 is 2.94 bits per heavy atom. The molecule has 102 valence electrons. The first-order valence-corrected chi connectivity index (χ1v) is 6.81. The van der Waals surface area contributed by atoms with Gasteiger partial charge in [0.15, 0.2) is 11.5 Å². The number of nitrogens with zero attached hydrogens (tertiary/aromatic N) is 1. The summed E-state index contributed by atoms with van der Waals surface area (Å²) < 4.78 is 9.84. The first-order valence-electron chi connectivity index (χ1n) is 5.89. The summed E-state index contributed by atoms with van der Waals surface area (Å²) >= 11 is 3.53. The number of hydrogen-bond acceptors (Lipinski definition) is 4. The lowest BCUT2D eigenvalue weighted by atomic mass is 10.1. The minimum atomic E-state index is -0.227. The molecule has 0 saturated carbocycles. The van der Waals surface area contributed by atoms with E-state index < -0.39 is 0 Å². The van der Waals surface area contributed by atoms with Crippen molar-refractivity contribution in [1.82, 2.24) is 10.5 Å². The molecule has 0 aliphatic rings. The lowest BCUT2D eigenvalue weighted by Crippen LogP contribution is -2.30. The zero-order valence-corrected chi connectivity index (χ0v) is 12.5. The third-order valence-corrected chi connectivity index (χ3v) is 2.99. The number of rotatable bonds is 7. The van der Waals surface area contributed by atoms with E-state index in [1.165, 1.54) is 0 Å². The molecule has 0 aromatic carbocycles. The monoisotopic (exact) mass is 318 g/mol. The zero-order chi connectivity index (χ0) is 13.5. The van der Waals surface area contributed by atoms with E-state index in [2.05, 4.69) is 40.3 Å². The number of ether oxygens (including phenoxy) is 1. The number of carbonyl (C=O) groups is 1. The normalized spacial score (nSPS) is 12.7. The van der Waals surface area contributed by atoms with Crippen LogP contribution in [0.15, 0.2) is 10.6 Å². The minimum Gasteiger partial charge on any atom is -0.377 e. The van der Waals surface area contributed by atoms with Crippen LogP contribution in [0.3, 0.4) is 0 Å². The summed E-state index contributed by atoms with van der Waals surface area (Å²) in [5.41, 5.74) is 0.284. The van der Waals surface area contributed by atoms with Crippen LogP contribution >= 0.6 is 15.9 Å². The molecule has 1 N–H and O–H groups in total. The Hall–Kier alpha value is -0.880. The van der Waals surface area contributed by atoms with E-state index in [-0.39, 0.29) is 16.4 Å². The van der Waals surface area contributed by atoms with Gasteiger partial charge in [0, 0.05) is 24.5 Å². The van der Waals surface area contributed by atoms with E-state index in [0.29, 0.717) is 24.8 Å². The van der Waals surface area contributed by atoms with Crippen LogP contribution in [0.4, 0.5) is 0 Å². The molecule has 18 heavy (non-hydrogen) atoms. The maximum atomic E-state index is 11.8. The van der Waals surface area contributed by atoms with E-state index >= 15 is 0 Å². The van der Waals surface area contributed by atoms with Crippen LogP contribution in [0, 0.1) is 5.92 Å². The van der Waals surface area contributed by atoms with Crippen molar-refractivity contribution < 1.29 is 14.1 Å². The lowest BCUT2D eigenvalue weighted by Gasteiger charge is -2.12. The highest BCUT2D eigenvalue weighted by Crippen LogP contribution is 2.12. The topological polar surface area (TPSA) is 64.4 Å². The highest BCUT2D eigenvalue weighted by molar-refractivity contribution is 9.09. The molecule has 1 aromatic rings. The lowest BCUT2D eigenvalue weighted by molar-refractivity contribution is 0.0943. The molecule has 0 spiro atoms. The van der Waals surface area contributed by atoms with Crippen molar-refractivity contribution in [3.05, 3.63) is 17.5 Å². The molecular weight excluding hydrogens is 300 g/mol. The molecule has 0 bridgehead atoms. The average molecular weight is 319 g/mol. The number of amides is 1. The van der Waals surface area contributed by atoms with Crippen molar-refractivity contribution in [3.8, 4) is 0 Å². The fourth-order valence-corrected chi connectivity index (χ4v) is 2.43. The van der Waals surface area contributed by atoms with Gasteiger partial charge < -0.3 is 14.6 Å². The number of methoxy groups -OCH3 is 1. The quantitative estimate of drug-likeness (QED) is 0.784. The Bertz CT molecular complexity index is 379. The van der Waals surface area contributed by atoms with Gasteiger partial charge in [0.25, 0.3) is 5.91 Å². The van der Waals surface area contributed by atoms with Gasteiger partial charge in [-0.15, -0.1) is 0 Å². The number of hydrogen-bond donors (Lipinski definition) is 1. The molecule has 1 unspecified atom stereocenters. The van der Waals surface area contributed by atoms with Gasteiger partial charge in [-0.25, -0.2) is 0 Å². The van der Waals surface area contributed by atoms with Gasteiger partial charge in [0.05, 0.1) is 0 Å². The van der Waals surface area contributed by atoms with Crippen LogP contribution in [0.5, 0.6) is 0 Å². The molecule has 1 amide bonds. The molecule has 0 aliphatic heterocycles. The van der Waals surface area contributed by atoms with E-state index in [1.54, 1.807) is 13.2 Å². The second kappa shape index (κ2) is 7.53. The maximum Gasteiger partial charge on any atom is 0.273 e. The van der Waals surface area contributed by atoms with Crippen LogP contribution in [0.1, 0.15) is 36.5 Å². The average Bonchev–Trinajstić information content (AvgIpc) is 2.74. The van der Waals surface area contributed by atoms with E-state index in [0.717, 1.165) is 6.42 Å². The number of carbonyl (C=O) groups excluding carboxylic acids is 1. The molecular formula is C12H19BrN2O3. The predicted molar refractivity (Wildman–Crippen MR) is 71.7 cm³/mol. The van der Waals surface area contributed by atoms with Crippen molar-refractivity contribution in [3.63, 3.8) is 0 Å². The summed E-state index contributed by atoms with van der Waals surface area (Å²) in [5.74, 6) is 0.904. The molecule has 5 nitrogen and oxygen atoms in total. The summed E-state index contributed by atoms with van der Waals surface area (Å²) in [5, 5.41) is 6.50. The van der Waals surface area contributed by atoms with Crippen molar-refractivity contribution >= 4 is 21.8 Å². The van der Waals surface area contributed by atoms with Gasteiger partial charge in [-0.2, -0.15) is 0 Å². The molecule has 1 rings (SSSR count). The zero-order valence-electron chi connectivity index (χ0n) is 10.9. The first kappa shape index (κ1) is 15.2. The maximum absolute atomic E-state index is 11.8. The summed E-state index contributed by atoms with van der Waals surface area (Å²) in [6.07, 6.45) is 1.01. The van der Waals surface area contributed by atoms with Gasteiger partial charge in [-0.1, -0.05) is 34.9 Å². The highest BCUT2D eigenvalue weighted by Gasteiger charge is 2.14. The summed E-state index contributed by atoms with van der Waals surface area (Å²) in [6.45, 7) is 5.17. The molecule has 0 fully saturated rings. The van der Waals surface area contributed by atoms with Crippen molar-refractivity contribution in [2.24, 2.45) is 5.92 Å². The van der Waals surface area contributed by atoms with E-state index in [1.807, 2.05) is 0 Å². The second-order valence-electron chi connectivity index (χ2n) is 4.55. The standard InChI is InChI=1S/C12H19BrN2O3/c1-8(2)4-9(13)6-14-12(16)11-5-10(7-17-3)18-15-11/h5,8-9H,4,6-7H2,1-3H3,(H,14,16). The van der Waals surface area contributed by atoms with Gasteiger partial charge in [0.2, 0.25) is 0 Å². The molecule has 6 heteroatoms. The van der Waals surface area contributed by atoms with Gasteiger partial charge in [0.1, 0.15) is 6.61 Å². The van der Waals surface area contributed by atoms with Gasteiger partial charge in [-0.05, 0) is 12.3 Å². The Morgan fingerprint density at radius 2 is 2.33 bits per heavy atom. The Labute approximate surface area is 115 Å². The summed E-state index contributed by atoms with van der Waals surface area (Å²) in [4.78, 5) is 12.0. The molecule has 1 heterocycles. The highest BCUT2D eigenvalue weighted by atomic mass is 79.9. The molecule has 0 radical (unpaired) electrons. The van der Waals surface area contributed by atoms with Crippen LogP contribution in [0.25, 0.3) is 0 Å². The number of alkyl halides is 1. The third-order valence-electron chi connectivity index (χ3n) is 2.29. The molecule has 1 atom stereocenters. The first-order chi connectivity index (χ1) is 8.52. The van der Waals surface area contributed by atoms with E-state index in [4.69, 9.17) is 9.26 Å². The van der Waals surface area contributed by atoms with Crippen molar-refractivity contribution in [2.75, 3.05) is 13.7 Å². The number of nitrogens with one attached hydrogen (secondary N) is 1.